The molecule has 0 N–H and O–H groups in total. The molecule has 1 unspecified atom stereocenters. The lowest BCUT2D eigenvalue weighted by atomic mass is 9.98. The van der Waals surface area contributed by atoms with E-state index in [2.05, 4.69) is 25.7 Å². The molecule has 0 rings (SSSR count). The highest BCUT2D eigenvalue weighted by molar-refractivity contribution is 5.72. The third-order valence-corrected chi connectivity index (χ3v) is 3.05. The standard InChI is InChI=1S/C11H23NO2/c1-7-11(3,4)12(5)8-9(2)10(13)14-6/h9H,7-8H2,1-6H3. The highest BCUT2D eigenvalue weighted by atomic mass is 16.5. The van der Waals surface area contributed by atoms with Crippen LogP contribution in [0, 0.1) is 5.92 Å². The van der Waals surface area contributed by atoms with E-state index in [9.17, 15) is 4.79 Å². The van der Waals surface area contributed by atoms with Crippen LogP contribution in [-0.2, 0) is 9.53 Å². The molecule has 3 heteroatoms. The fourth-order valence-corrected chi connectivity index (χ4v) is 1.20. The van der Waals surface area contributed by atoms with Gasteiger partial charge in [0.2, 0.25) is 0 Å². The van der Waals surface area contributed by atoms with Gasteiger partial charge in [-0.25, -0.2) is 0 Å². The molecule has 3 nitrogen and oxygen atoms in total. The molecule has 0 saturated heterocycles. The van der Waals surface area contributed by atoms with Crippen LogP contribution in [0.1, 0.15) is 34.1 Å². The molecule has 84 valence electrons. The maximum absolute atomic E-state index is 11.2. The predicted octanol–water partition coefficient (Wildman–Crippen LogP) is 1.92. The summed E-state index contributed by atoms with van der Waals surface area (Å²) in [6.45, 7) is 9.15. The molecule has 1 atom stereocenters. The van der Waals surface area contributed by atoms with Crippen molar-refractivity contribution in [3.63, 3.8) is 0 Å². The van der Waals surface area contributed by atoms with Crippen molar-refractivity contribution in [3.05, 3.63) is 0 Å². The van der Waals surface area contributed by atoms with Gasteiger partial charge in [0.05, 0.1) is 13.0 Å². The minimum atomic E-state index is -0.135. The van der Waals surface area contributed by atoms with E-state index >= 15 is 0 Å². The quantitative estimate of drug-likeness (QED) is 0.636. The Balaban J connectivity index is 4.18. The summed E-state index contributed by atoms with van der Waals surface area (Å²) < 4.78 is 4.69. The maximum Gasteiger partial charge on any atom is 0.309 e. The van der Waals surface area contributed by atoms with Gasteiger partial charge in [-0.15, -0.1) is 0 Å². The van der Waals surface area contributed by atoms with Gasteiger partial charge in [-0.3, -0.25) is 4.79 Å². The van der Waals surface area contributed by atoms with Crippen molar-refractivity contribution in [2.45, 2.75) is 39.7 Å². The van der Waals surface area contributed by atoms with E-state index in [0.29, 0.717) is 0 Å². The molecule has 0 aliphatic rings. The molecule has 0 spiro atoms. The summed E-state index contributed by atoms with van der Waals surface area (Å²) in [7, 11) is 3.48. The lowest BCUT2D eigenvalue weighted by molar-refractivity contribution is -0.145. The second-order valence-corrected chi connectivity index (χ2v) is 4.47. The highest BCUT2D eigenvalue weighted by Crippen LogP contribution is 2.17. The van der Waals surface area contributed by atoms with E-state index in [1.54, 1.807) is 0 Å². The number of carbonyl (C=O) groups is 1. The summed E-state index contributed by atoms with van der Waals surface area (Å²) in [5, 5.41) is 0. The van der Waals surface area contributed by atoms with E-state index in [1.165, 1.54) is 7.11 Å². The van der Waals surface area contributed by atoms with Gasteiger partial charge in [0.1, 0.15) is 0 Å². The Labute approximate surface area is 87.4 Å². The first-order chi connectivity index (χ1) is 6.35. The fraction of sp³-hybridized carbons (Fsp3) is 0.909. The van der Waals surface area contributed by atoms with Crippen molar-refractivity contribution in [2.75, 3.05) is 20.7 Å². The Morgan fingerprint density at radius 1 is 1.50 bits per heavy atom. The van der Waals surface area contributed by atoms with Gasteiger partial charge in [-0.05, 0) is 27.3 Å². The van der Waals surface area contributed by atoms with Gasteiger partial charge in [0.25, 0.3) is 0 Å². The molecule has 0 heterocycles. The van der Waals surface area contributed by atoms with Crippen molar-refractivity contribution in [1.82, 2.24) is 4.90 Å². The van der Waals surface area contributed by atoms with Crippen LogP contribution in [-0.4, -0.2) is 37.1 Å². The number of carbonyl (C=O) groups excluding carboxylic acids is 1. The molecular weight excluding hydrogens is 178 g/mol. The topological polar surface area (TPSA) is 29.5 Å². The molecule has 14 heavy (non-hydrogen) atoms. The summed E-state index contributed by atoms with van der Waals surface area (Å²) in [6.07, 6.45) is 1.07. The van der Waals surface area contributed by atoms with Crippen LogP contribution >= 0.6 is 0 Å². The predicted molar refractivity (Wildman–Crippen MR) is 58.2 cm³/mol. The molecule has 0 aliphatic carbocycles. The Bertz CT molecular complexity index is 190. The average Bonchev–Trinajstić information content (AvgIpc) is 2.16. The Morgan fingerprint density at radius 3 is 2.36 bits per heavy atom. The monoisotopic (exact) mass is 201 g/mol. The molecule has 0 aromatic heterocycles. The molecule has 0 amide bonds. The fourth-order valence-electron chi connectivity index (χ4n) is 1.20. The summed E-state index contributed by atoms with van der Waals surface area (Å²) in [4.78, 5) is 13.4. The largest absolute Gasteiger partial charge is 0.469 e. The van der Waals surface area contributed by atoms with Crippen LogP contribution in [0.4, 0.5) is 0 Å². The van der Waals surface area contributed by atoms with E-state index in [0.717, 1.165) is 13.0 Å². The third kappa shape index (κ3) is 3.66. The molecular formula is C11H23NO2. The zero-order valence-corrected chi connectivity index (χ0v) is 10.3. The van der Waals surface area contributed by atoms with Gasteiger partial charge in [-0.2, -0.15) is 0 Å². The number of hydrogen-bond donors (Lipinski definition) is 0. The van der Waals surface area contributed by atoms with Gasteiger partial charge in [0.15, 0.2) is 0 Å². The SMILES string of the molecule is CCC(C)(C)N(C)CC(C)C(=O)OC. The zero-order valence-electron chi connectivity index (χ0n) is 10.3. The van der Waals surface area contributed by atoms with Crippen LogP contribution in [0.5, 0.6) is 0 Å². The number of esters is 1. The average molecular weight is 201 g/mol. The van der Waals surface area contributed by atoms with Crippen molar-refractivity contribution >= 4 is 5.97 Å². The summed E-state index contributed by atoms with van der Waals surface area (Å²) in [5.41, 5.74) is 0.141. The summed E-state index contributed by atoms with van der Waals surface area (Å²) in [5.74, 6) is -0.195. The van der Waals surface area contributed by atoms with E-state index in [4.69, 9.17) is 4.74 Å². The number of rotatable bonds is 5. The van der Waals surface area contributed by atoms with Crippen molar-refractivity contribution < 1.29 is 9.53 Å². The first kappa shape index (κ1) is 13.4. The van der Waals surface area contributed by atoms with Crippen LogP contribution in [0.2, 0.25) is 0 Å². The van der Waals surface area contributed by atoms with Crippen molar-refractivity contribution in [1.29, 1.82) is 0 Å². The second-order valence-electron chi connectivity index (χ2n) is 4.47. The van der Waals surface area contributed by atoms with E-state index in [1.807, 2.05) is 14.0 Å². The van der Waals surface area contributed by atoms with E-state index < -0.39 is 0 Å². The van der Waals surface area contributed by atoms with Crippen LogP contribution < -0.4 is 0 Å². The van der Waals surface area contributed by atoms with Crippen molar-refractivity contribution in [3.8, 4) is 0 Å². The number of ether oxygens (including phenoxy) is 1. The number of nitrogens with zero attached hydrogens (tertiary/aromatic N) is 1. The van der Waals surface area contributed by atoms with Crippen LogP contribution in [0.3, 0.4) is 0 Å². The summed E-state index contributed by atoms with van der Waals surface area (Å²) >= 11 is 0. The summed E-state index contributed by atoms with van der Waals surface area (Å²) in [6, 6.07) is 0. The zero-order chi connectivity index (χ0) is 11.4. The van der Waals surface area contributed by atoms with Gasteiger partial charge in [0, 0.05) is 12.1 Å². The van der Waals surface area contributed by atoms with Crippen LogP contribution in [0.25, 0.3) is 0 Å². The number of methoxy groups -OCH3 is 1. The van der Waals surface area contributed by atoms with Gasteiger partial charge >= 0.3 is 5.97 Å². The van der Waals surface area contributed by atoms with Gasteiger partial charge < -0.3 is 9.64 Å². The van der Waals surface area contributed by atoms with Crippen LogP contribution in [0.15, 0.2) is 0 Å². The van der Waals surface area contributed by atoms with Gasteiger partial charge in [-0.1, -0.05) is 13.8 Å². The normalized spacial score (nSPS) is 14.2. The minimum absolute atomic E-state index is 0.0594. The Morgan fingerprint density at radius 2 is 2.00 bits per heavy atom. The molecule has 0 saturated carbocycles. The molecule has 0 aliphatic heterocycles. The number of hydrogen-bond acceptors (Lipinski definition) is 3. The highest BCUT2D eigenvalue weighted by Gasteiger charge is 2.25. The molecule has 0 aromatic carbocycles. The Kier molecular flexibility index (Phi) is 5.13. The molecule has 0 bridgehead atoms. The smallest absolute Gasteiger partial charge is 0.309 e. The van der Waals surface area contributed by atoms with E-state index in [-0.39, 0.29) is 17.4 Å². The first-order valence-electron chi connectivity index (χ1n) is 5.14. The minimum Gasteiger partial charge on any atom is -0.469 e. The molecule has 0 radical (unpaired) electrons. The second kappa shape index (κ2) is 5.35. The van der Waals surface area contributed by atoms with Crippen molar-refractivity contribution in [2.24, 2.45) is 5.92 Å². The lowest BCUT2D eigenvalue weighted by Gasteiger charge is -2.35. The molecule has 0 fully saturated rings. The third-order valence-electron chi connectivity index (χ3n) is 3.05. The molecule has 0 aromatic rings. The first-order valence-corrected chi connectivity index (χ1v) is 5.14. The lowest BCUT2D eigenvalue weighted by Crippen LogP contribution is -2.44. The Hall–Kier alpha value is -0.570. The maximum atomic E-state index is 11.2.